The Balaban J connectivity index is 2.15. The third-order valence-corrected chi connectivity index (χ3v) is 2.92. The standard InChI is InChI=1S/C13H11ClN2O2/c1-8-2-3-9(6-11(8)14)16-13(18)12-5-4-10(7-17)15-12/h2-7,15H,1H3,(H,16,18). The first-order chi connectivity index (χ1) is 8.60. The molecule has 0 atom stereocenters. The number of halogens is 1. The summed E-state index contributed by atoms with van der Waals surface area (Å²) in [7, 11) is 0. The lowest BCUT2D eigenvalue weighted by Crippen LogP contribution is -2.12. The van der Waals surface area contributed by atoms with E-state index in [2.05, 4.69) is 10.3 Å². The molecule has 0 saturated carbocycles. The molecule has 1 heterocycles. The summed E-state index contributed by atoms with van der Waals surface area (Å²) in [6.07, 6.45) is 0.652. The van der Waals surface area contributed by atoms with Crippen LogP contribution in [0.25, 0.3) is 0 Å². The van der Waals surface area contributed by atoms with Crippen molar-refractivity contribution in [2.45, 2.75) is 6.92 Å². The average molecular weight is 263 g/mol. The molecule has 0 unspecified atom stereocenters. The molecule has 0 aliphatic heterocycles. The van der Waals surface area contributed by atoms with Gasteiger partial charge in [0.25, 0.3) is 5.91 Å². The lowest BCUT2D eigenvalue weighted by atomic mass is 10.2. The number of amides is 1. The quantitative estimate of drug-likeness (QED) is 0.835. The van der Waals surface area contributed by atoms with E-state index in [1.54, 1.807) is 24.3 Å². The Labute approximate surface area is 109 Å². The van der Waals surface area contributed by atoms with Crippen LogP contribution in [-0.2, 0) is 0 Å². The fraction of sp³-hybridized carbons (Fsp3) is 0.0769. The molecule has 0 fully saturated rings. The number of nitrogens with one attached hydrogen (secondary N) is 2. The van der Waals surface area contributed by atoms with Crippen LogP contribution in [0.2, 0.25) is 5.02 Å². The minimum absolute atomic E-state index is 0.317. The van der Waals surface area contributed by atoms with E-state index in [-0.39, 0.29) is 5.91 Å². The second-order valence-electron chi connectivity index (χ2n) is 3.86. The van der Waals surface area contributed by atoms with Gasteiger partial charge in [-0.1, -0.05) is 17.7 Å². The van der Waals surface area contributed by atoms with Crippen LogP contribution in [0, 0.1) is 6.92 Å². The number of carbonyl (C=O) groups excluding carboxylic acids is 2. The second-order valence-corrected chi connectivity index (χ2v) is 4.27. The van der Waals surface area contributed by atoms with Crippen LogP contribution in [0.5, 0.6) is 0 Å². The van der Waals surface area contributed by atoms with Crippen molar-refractivity contribution in [2.24, 2.45) is 0 Å². The SMILES string of the molecule is Cc1ccc(NC(=O)c2ccc(C=O)[nH]2)cc1Cl. The predicted molar refractivity (Wildman–Crippen MR) is 70.3 cm³/mol. The van der Waals surface area contributed by atoms with Crippen molar-refractivity contribution in [2.75, 3.05) is 5.32 Å². The lowest BCUT2D eigenvalue weighted by Gasteiger charge is -2.05. The van der Waals surface area contributed by atoms with Crippen molar-refractivity contribution < 1.29 is 9.59 Å². The fourth-order valence-corrected chi connectivity index (χ4v) is 1.66. The topological polar surface area (TPSA) is 62.0 Å². The molecule has 2 aromatic rings. The Morgan fingerprint density at radius 2 is 2.11 bits per heavy atom. The summed E-state index contributed by atoms with van der Waals surface area (Å²) in [5.41, 5.74) is 2.24. The number of aldehydes is 1. The number of H-pyrrole nitrogens is 1. The zero-order valence-corrected chi connectivity index (χ0v) is 10.4. The molecule has 18 heavy (non-hydrogen) atoms. The normalized spacial score (nSPS) is 10.1. The molecule has 0 aliphatic carbocycles. The van der Waals surface area contributed by atoms with E-state index in [1.165, 1.54) is 0 Å². The zero-order chi connectivity index (χ0) is 13.1. The van der Waals surface area contributed by atoms with Gasteiger partial charge in [0.1, 0.15) is 5.69 Å². The van der Waals surface area contributed by atoms with Crippen LogP contribution >= 0.6 is 11.6 Å². The number of benzene rings is 1. The minimum atomic E-state index is -0.317. The maximum Gasteiger partial charge on any atom is 0.272 e. The summed E-state index contributed by atoms with van der Waals surface area (Å²) < 4.78 is 0. The number of aromatic amines is 1. The van der Waals surface area contributed by atoms with Crippen LogP contribution in [-0.4, -0.2) is 17.2 Å². The molecular weight excluding hydrogens is 252 g/mol. The van der Waals surface area contributed by atoms with Crippen molar-refractivity contribution in [3.05, 3.63) is 52.3 Å². The number of anilines is 1. The fourth-order valence-electron chi connectivity index (χ4n) is 1.48. The van der Waals surface area contributed by atoms with E-state index in [1.807, 2.05) is 13.0 Å². The van der Waals surface area contributed by atoms with E-state index >= 15 is 0 Å². The van der Waals surface area contributed by atoms with Crippen LogP contribution in [0.4, 0.5) is 5.69 Å². The van der Waals surface area contributed by atoms with Crippen LogP contribution in [0.3, 0.4) is 0 Å². The van der Waals surface area contributed by atoms with Gasteiger partial charge in [-0.15, -0.1) is 0 Å². The molecule has 0 saturated heterocycles. The third-order valence-electron chi connectivity index (χ3n) is 2.51. The van der Waals surface area contributed by atoms with Crippen molar-refractivity contribution in [1.29, 1.82) is 0 Å². The molecule has 2 rings (SSSR count). The highest BCUT2D eigenvalue weighted by atomic mass is 35.5. The largest absolute Gasteiger partial charge is 0.348 e. The first kappa shape index (κ1) is 12.4. The van der Waals surface area contributed by atoms with Crippen LogP contribution < -0.4 is 5.32 Å². The highest BCUT2D eigenvalue weighted by molar-refractivity contribution is 6.31. The van der Waals surface area contributed by atoms with E-state index < -0.39 is 0 Å². The molecule has 0 aliphatic rings. The molecule has 0 bridgehead atoms. The average Bonchev–Trinajstić information content (AvgIpc) is 2.82. The van der Waals surface area contributed by atoms with Gasteiger partial charge in [0.15, 0.2) is 6.29 Å². The van der Waals surface area contributed by atoms with Crippen LogP contribution in [0.15, 0.2) is 30.3 Å². The van der Waals surface area contributed by atoms with Gasteiger partial charge in [0.05, 0.1) is 5.69 Å². The Morgan fingerprint density at radius 3 is 2.72 bits per heavy atom. The first-order valence-electron chi connectivity index (χ1n) is 5.32. The Hall–Kier alpha value is -2.07. The molecule has 92 valence electrons. The van der Waals surface area contributed by atoms with E-state index in [4.69, 9.17) is 11.6 Å². The highest BCUT2D eigenvalue weighted by Crippen LogP contribution is 2.20. The predicted octanol–water partition coefficient (Wildman–Crippen LogP) is 3.04. The molecule has 4 nitrogen and oxygen atoms in total. The minimum Gasteiger partial charge on any atom is -0.348 e. The van der Waals surface area contributed by atoms with Crippen molar-refractivity contribution >= 4 is 29.5 Å². The monoisotopic (exact) mass is 262 g/mol. The maximum atomic E-state index is 11.8. The first-order valence-corrected chi connectivity index (χ1v) is 5.69. The van der Waals surface area contributed by atoms with Gasteiger partial charge < -0.3 is 10.3 Å². The van der Waals surface area contributed by atoms with Crippen LogP contribution in [0.1, 0.15) is 26.5 Å². The molecule has 1 aromatic carbocycles. The van der Waals surface area contributed by atoms with Gasteiger partial charge in [0, 0.05) is 10.7 Å². The molecule has 1 amide bonds. The molecule has 5 heteroatoms. The Morgan fingerprint density at radius 1 is 1.33 bits per heavy atom. The zero-order valence-electron chi connectivity index (χ0n) is 9.66. The van der Waals surface area contributed by atoms with Crippen molar-refractivity contribution in [1.82, 2.24) is 4.98 Å². The van der Waals surface area contributed by atoms with E-state index in [9.17, 15) is 9.59 Å². The smallest absolute Gasteiger partial charge is 0.272 e. The number of hydrogen-bond donors (Lipinski definition) is 2. The second kappa shape index (κ2) is 5.06. The molecule has 2 N–H and O–H groups in total. The maximum absolute atomic E-state index is 11.8. The number of aryl methyl sites for hydroxylation is 1. The van der Waals surface area contributed by atoms with Gasteiger partial charge in [-0.05, 0) is 36.8 Å². The Kier molecular flexibility index (Phi) is 3.48. The Bertz CT molecular complexity index is 605. The number of carbonyl (C=O) groups is 2. The van der Waals surface area contributed by atoms with Crippen molar-refractivity contribution in [3.63, 3.8) is 0 Å². The van der Waals surface area contributed by atoms with Gasteiger partial charge in [-0.2, -0.15) is 0 Å². The lowest BCUT2D eigenvalue weighted by molar-refractivity contribution is 0.102. The summed E-state index contributed by atoms with van der Waals surface area (Å²) in [5.74, 6) is -0.317. The van der Waals surface area contributed by atoms with E-state index in [0.29, 0.717) is 28.4 Å². The van der Waals surface area contributed by atoms with Gasteiger partial charge in [-0.25, -0.2) is 0 Å². The molecular formula is C13H11ClN2O2. The number of hydrogen-bond acceptors (Lipinski definition) is 2. The summed E-state index contributed by atoms with van der Waals surface area (Å²) in [6, 6.07) is 8.36. The van der Waals surface area contributed by atoms with E-state index in [0.717, 1.165) is 5.56 Å². The van der Waals surface area contributed by atoms with Crippen molar-refractivity contribution in [3.8, 4) is 0 Å². The summed E-state index contributed by atoms with van der Waals surface area (Å²) in [5, 5.41) is 3.28. The molecule has 1 aromatic heterocycles. The molecule has 0 radical (unpaired) electrons. The van der Waals surface area contributed by atoms with Gasteiger partial charge in [0.2, 0.25) is 0 Å². The summed E-state index contributed by atoms with van der Waals surface area (Å²) >= 11 is 5.96. The highest BCUT2D eigenvalue weighted by Gasteiger charge is 2.09. The number of aromatic nitrogens is 1. The number of rotatable bonds is 3. The van der Waals surface area contributed by atoms with Gasteiger partial charge in [-0.3, -0.25) is 9.59 Å². The van der Waals surface area contributed by atoms with Gasteiger partial charge >= 0.3 is 0 Å². The third kappa shape index (κ3) is 2.60. The summed E-state index contributed by atoms with van der Waals surface area (Å²) in [4.78, 5) is 25.0. The molecule has 0 spiro atoms. The summed E-state index contributed by atoms with van der Waals surface area (Å²) in [6.45, 7) is 1.88.